The van der Waals surface area contributed by atoms with Gasteiger partial charge in [0.25, 0.3) is 6.47 Å². The highest BCUT2D eigenvalue weighted by molar-refractivity contribution is 6.21. The number of benzene rings is 1. The second-order valence-corrected chi connectivity index (χ2v) is 8.77. The average molecular weight is 511 g/mol. The number of likely N-dealkylation sites (N-methyl/N-ethyl adjacent to an activating group) is 1. The molecule has 1 aliphatic rings. The molecule has 1 aliphatic heterocycles. The normalized spacial score (nSPS) is 13.2. The first kappa shape index (κ1) is 27.1. The molecule has 0 unspecified atom stereocenters. The molecule has 10 nitrogen and oxygen atoms in total. The topological polar surface area (TPSA) is 137 Å². The van der Waals surface area contributed by atoms with Crippen molar-refractivity contribution in [3.63, 3.8) is 0 Å². The van der Waals surface area contributed by atoms with E-state index in [2.05, 4.69) is 15.3 Å². The third kappa shape index (κ3) is 6.39. The SMILES string of the molecule is CN(C)C(C)(C)COC(=O)c1c(Nc2ccc(F)cc2)oc(C=C2C=Nc3ncccc32)c1O.O=CO. The molecule has 0 saturated carbocycles. The second-order valence-electron chi connectivity index (χ2n) is 8.77. The van der Waals surface area contributed by atoms with E-state index in [1.807, 2.05) is 38.9 Å². The highest BCUT2D eigenvalue weighted by atomic mass is 19.1. The molecule has 0 fully saturated rings. The first-order valence-corrected chi connectivity index (χ1v) is 11.1. The Labute approximate surface area is 212 Å². The summed E-state index contributed by atoms with van der Waals surface area (Å²) >= 11 is 0. The lowest BCUT2D eigenvalue weighted by Crippen LogP contribution is -2.43. The molecule has 194 valence electrons. The second kappa shape index (κ2) is 11.5. The highest BCUT2D eigenvalue weighted by Gasteiger charge is 2.30. The number of aromatic nitrogens is 1. The number of aromatic hydroxyl groups is 1. The summed E-state index contributed by atoms with van der Waals surface area (Å²) in [7, 11) is 3.76. The van der Waals surface area contributed by atoms with Crippen LogP contribution in [0.4, 0.5) is 21.8 Å². The molecular formula is C26H27FN4O6. The number of esters is 1. The van der Waals surface area contributed by atoms with Crippen LogP contribution in [0.25, 0.3) is 11.6 Å². The van der Waals surface area contributed by atoms with E-state index in [-0.39, 0.29) is 36.0 Å². The van der Waals surface area contributed by atoms with Gasteiger partial charge in [-0.05, 0) is 70.4 Å². The van der Waals surface area contributed by atoms with E-state index in [4.69, 9.17) is 19.1 Å². The van der Waals surface area contributed by atoms with Crippen LogP contribution in [0.15, 0.2) is 52.0 Å². The number of carboxylic acid groups (broad SMARTS) is 1. The molecule has 0 radical (unpaired) electrons. The molecule has 1 aromatic carbocycles. The van der Waals surface area contributed by atoms with Gasteiger partial charge < -0.3 is 29.6 Å². The monoisotopic (exact) mass is 510 g/mol. The van der Waals surface area contributed by atoms with Crippen LogP contribution in [0.5, 0.6) is 5.75 Å². The number of fused-ring (bicyclic) bond motifs is 1. The molecular weight excluding hydrogens is 483 g/mol. The van der Waals surface area contributed by atoms with Crippen LogP contribution in [0.1, 0.15) is 35.5 Å². The number of nitrogens with one attached hydrogen (secondary N) is 1. The average Bonchev–Trinajstić information content (AvgIpc) is 3.40. The standard InChI is InChI=1S/C25H25FN4O4.CH2O2/c1-25(2,30(3)4)14-33-24(32)20-21(31)19(12-15-13-28-22-18(15)6-5-11-27-22)34-23(20)29-17-9-7-16(26)8-10-17;2-1-3/h5-13,29,31H,14H2,1-4H3;1H,(H,2,3). The first-order valence-electron chi connectivity index (χ1n) is 11.1. The summed E-state index contributed by atoms with van der Waals surface area (Å²) in [5, 5.41) is 20.8. The summed E-state index contributed by atoms with van der Waals surface area (Å²) in [6, 6.07) is 9.14. The van der Waals surface area contributed by atoms with E-state index in [0.717, 1.165) is 5.56 Å². The Balaban J connectivity index is 0.00000121. The van der Waals surface area contributed by atoms with E-state index in [1.165, 1.54) is 24.3 Å². The van der Waals surface area contributed by atoms with Gasteiger partial charge in [-0.25, -0.2) is 19.2 Å². The smallest absolute Gasteiger partial charge is 0.347 e. The predicted molar refractivity (Wildman–Crippen MR) is 137 cm³/mol. The Kier molecular flexibility index (Phi) is 8.41. The number of carbonyl (C=O) groups excluding carboxylic acids is 1. The van der Waals surface area contributed by atoms with E-state index in [0.29, 0.717) is 17.1 Å². The number of allylic oxidation sites excluding steroid dienone is 1. The van der Waals surface area contributed by atoms with Gasteiger partial charge in [-0.3, -0.25) is 4.79 Å². The quantitative estimate of drug-likeness (QED) is 0.304. The maximum absolute atomic E-state index is 13.3. The highest BCUT2D eigenvalue weighted by Crippen LogP contribution is 2.39. The van der Waals surface area contributed by atoms with Crippen molar-refractivity contribution < 1.29 is 33.3 Å². The van der Waals surface area contributed by atoms with Crippen LogP contribution < -0.4 is 5.32 Å². The Bertz CT molecular complexity index is 1330. The van der Waals surface area contributed by atoms with Gasteiger partial charge in [0.05, 0.1) is 0 Å². The zero-order valence-electron chi connectivity index (χ0n) is 20.7. The van der Waals surface area contributed by atoms with Gasteiger partial charge in [0.1, 0.15) is 12.4 Å². The van der Waals surface area contributed by atoms with Crippen molar-refractivity contribution in [3.05, 3.63) is 65.3 Å². The number of aliphatic imine (C=N–C) groups is 1. The van der Waals surface area contributed by atoms with Crippen LogP contribution in [0.3, 0.4) is 0 Å². The third-order valence-electron chi connectivity index (χ3n) is 5.69. The Morgan fingerprint density at radius 3 is 2.57 bits per heavy atom. The van der Waals surface area contributed by atoms with Crippen LogP contribution in [-0.2, 0) is 9.53 Å². The largest absolute Gasteiger partial charge is 0.504 e. The summed E-state index contributed by atoms with van der Waals surface area (Å²) in [5.41, 5.74) is 1.31. The number of pyridine rings is 1. The number of carbonyl (C=O) groups is 2. The van der Waals surface area contributed by atoms with Gasteiger partial charge in [-0.2, -0.15) is 0 Å². The van der Waals surface area contributed by atoms with Crippen LogP contribution in [0, 0.1) is 5.82 Å². The maximum atomic E-state index is 13.3. The summed E-state index contributed by atoms with van der Waals surface area (Å²) in [4.78, 5) is 31.8. The molecule has 37 heavy (non-hydrogen) atoms. The van der Waals surface area contributed by atoms with Gasteiger partial charge in [0.2, 0.25) is 5.88 Å². The van der Waals surface area contributed by atoms with E-state index < -0.39 is 17.3 Å². The molecule has 3 heterocycles. The fourth-order valence-electron chi connectivity index (χ4n) is 3.10. The summed E-state index contributed by atoms with van der Waals surface area (Å²) in [6.45, 7) is 3.68. The van der Waals surface area contributed by atoms with Crippen molar-refractivity contribution >= 4 is 47.7 Å². The molecule has 4 rings (SSSR count). The zero-order chi connectivity index (χ0) is 27.2. The Morgan fingerprint density at radius 2 is 1.92 bits per heavy atom. The first-order chi connectivity index (χ1) is 17.6. The number of hydrogen-bond acceptors (Lipinski definition) is 9. The fraction of sp³-hybridized carbons (Fsp3) is 0.231. The summed E-state index contributed by atoms with van der Waals surface area (Å²) in [6.07, 6.45) is 4.81. The number of rotatable bonds is 7. The molecule has 0 aliphatic carbocycles. The molecule has 0 amide bonds. The Hall–Kier alpha value is -4.51. The minimum atomic E-state index is -0.757. The Morgan fingerprint density at radius 1 is 1.24 bits per heavy atom. The molecule has 2 aromatic heterocycles. The number of furan rings is 1. The summed E-state index contributed by atoms with van der Waals surface area (Å²) in [5.74, 6) is -0.971. The molecule has 0 bridgehead atoms. The van der Waals surface area contributed by atoms with Crippen molar-refractivity contribution in [3.8, 4) is 5.75 Å². The molecule has 3 N–H and O–H groups in total. The fourth-order valence-corrected chi connectivity index (χ4v) is 3.10. The van der Waals surface area contributed by atoms with Crippen molar-refractivity contribution in [1.29, 1.82) is 0 Å². The lowest BCUT2D eigenvalue weighted by atomic mass is 10.1. The van der Waals surface area contributed by atoms with Crippen LogP contribution in [-0.4, -0.2) is 65.0 Å². The van der Waals surface area contributed by atoms with Crippen LogP contribution in [0.2, 0.25) is 0 Å². The molecule has 3 aromatic rings. The van der Waals surface area contributed by atoms with Crippen molar-refractivity contribution in [1.82, 2.24) is 9.88 Å². The van der Waals surface area contributed by atoms with Gasteiger partial charge in [0, 0.05) is 34.8 Å². The number of halogens is 1. The van der Waals surface area contributed by atoms with E-state index in [9.17, 15) is 14.3 Å². The van der Waals surface area contributed by atoms with Gasteiger partial charge >= 0.3 is 5.97 Å². The minimum Gasteiger partial charge on any atom is -0.504 e. The van der Waals surface area contributed by atoms with Gasteiger partial charge in [-0.15, -0.1) is 0 Å². The molecule has 0 atom stereocenters. The molecule has 0 spiro atoms. The maximum Gasteiger partial charge on any atom is 0.347 e. The minimum absolute atomic E-state index is 0.0232. The molecule has 11 heteroatoms. The zero-order valence-corrected chi connectivity index (χ0v) is 20.7. The number of anilines is 2. The number of ether oxygens (including phenoxy) is 1. The van der Waals surface area contributed by atoms with Crippen molar-refractivity contribution in [2.75, 3.05) is 26.0 Å². The van der Waals surface area contributed by atoms with Crippen molar-refractivity contribution in [2.24, 2.45) is 4.99 Å². The summed E-state index contributed by atoms with van der Waals surface area (Å²) < 4.78 is 24.7. The molecule has 0 saturated heterocycles. The third-order valence-corrected chi connectivity index (χ3v) is 5.69. The lowest BCUT2D eigenvalue weighted by Gasteiger charge is -2.31. The number of nitrogens with zero attached hydrogens (tertiary/aromatic N) is 3. The lowest BCUT2D eigenvalue weighted by molar-refractivity contribution is -0.122. The van der Waals surface area contributed by atoms with Gasteiger partial charge in [0.15, 0.2) is 22.9 Å². The van der Waals surface area contributed by atoms with E-state index in [1.54, 1.807) is 24.6 Å². The van der Waals surface area contributed by atoms with Crippen molar-refractivity contribution in [2.45, 2.75) is 19.4 Å². The van der Waals surface area contributed by atoms with Gasteiger partial charge in [-0.1, -0.05) is 0 Å². The van der Waals surface area contributed by atoms with E-state index >= 15 is 0 Å². The predicted octanol–water partition coefficient (Wildman–Crippen LogP) is 4.72. The number of hydrogen-bond donors (Lipinski definition) is 3. The van der Waals surface area contributed by atoms with Crippen LogP contribution >= 0.6 is 0 Å².